The highest BCUT2D eigenvalue weighted by Gasteiger charge is 2.38. The van der Waals surface area contributed by atoms with Crippen molar-refractivity contribution in [1.82, 2.24) is 15.4 Å². The van der Waals surface area contributed by atoms with Crippen LogP contribution in [0.1, 0.15) is 29.8 Å². The number of hydrogen-bond acceptors (Lipinski definition) is 5. The lowest BCUT2D eigenvalue weighted by Gasteiger charge is -2.36. The van der Waals surface area contributed by atoms with E-state index in [9.17, 15) is 23.5 Å². The Morgan fingerprint density at radius 2 is 1.93 bits per heavy atom. The van der Waals surface area contributed by atoms with Crippen LogP contribution in [0.25, 0.3) is 11.3 Å². The van der Waals surface area contributed by atoms with Gasteiger partial charge in [-0.15, -0.1) is 0 Å². The number of aliphatic carboxylic acids is 1. The van der Waals surface area contributed by atoms with Crippen molar-refractivity contribution < 1.29 is 28.0 Å². The van der Waals surface area contributed by atoms with Gasteiger partial charge in [-0.3, -0.25) is 9.59 Å². The Labute approximate surface area is 165 Å². The number of piperidine rings is 1. The number of nitrogens with one attached hydrogen (secondary N) is 1. The van der Waals surface area contributed by atoms with Crippen LogP contribution in [0, 0.1) is 23.5 Å². The molecular formula is C20H21F2N3O4. The van der Waals surface area contributed by atoms with Gasteiger partial charge in [-0.25, -0.2) is 4.39 Å². The predicted octanol–water partition coefficient (Wildman–Crippen LogP) is 2.53. The van der Waals surface area contributed by atoms with Gasteiger partial charge in [-0.1, -0.05) is 5.16 Å². The zero-order chi connectivity index (χ0) is 20.5. The van der Waals surface area contributed by atoms with Crippen molar-refractivity contribution >= 4 is 11.9 Å². The number of carboxylic acids is 1. The predicted molar refractivity (Wildman–Crippen MR) is 98.0 cm³/mol. The number of carboxylic acid groups (broad SMARTS) is 1. The Kier molecular flexibility index (Phi) is 5.31. The molecule has 29 heavy (non-hydrogen) atoms. The van der Waals surface area contributed by atoms with Crippen molar-refractivity contribution in [2.24, 2.45) is 11.8 Å². The molecule has 2 aliphatic rings. The summed E-state index contributed by atoms with van der Waals surface area (Å²) in [5, 5.41) is 15.7. The van der Waals surface area contributed by atoms with Gasteiger partial charge in [-0.2, -0.15) is 4.39 Å². The lowest BCUT2D eigenvalue weighted by molar-refractivity contribution is -0.144. The molecule has 0 spiro atoms. The van der Waals surface area contributed by atoms with Gasteiger partial charge in [0.2, 0.25) is 17.3 Å². The van der Waals surface area contributed by atoms with E-state index < -0.39 is 41.2 Å². The molecule has 1 aliphatic heterocycles. The van der Waals surface area contributed by atoms with Crippen molar-refractivity contribution in [2.75, 3.05) is 19.6 Å². The van der Waals surface area contributed by atoms with Crippen LogP contribution < -0.4 is 5.32 Å². The summed E-state index contributed by atoms with van der Waals surface area (Å²) in [6, 6.07) is 4.29. The lowest BCUT2D eigenvalue weighted by atomic mass is 9.91. The fourth-order valence-electron chi connectivity index (χ4n) is 3.71. The van der Waals surface area contributed by atoms with Gasteiger partial charge in [0.1, 0.15) is 5.82 Å². The molecule has 1 saturated carbocycles. The van der Waals surface area contributed by atoms with Crippen LogP contribution in [0.15, 0.2) is 28.8 Å². The molecular weight excluding hydrogens is 384 g/mol. The first-order valence-electron chi connectivity index (χ1n) is 9.59. The molecule has 2 atom stereocenters. The second kappa shape index (κ2) is 7.90. The third kappa shape index (κ3) is 4.29. The Morgan fingerprint density at radius 1 is 1.21 bits per heavy atom. The number of halogens is 2. The van der Waals surface area contributed by atoms with Crippen molar-refractivity contribution in [3.8, 4) is 11.3 Å². The largest absolute Gasteiger partial charge is 0.481 e. The maximum Gasteiger partial charge on any atom is 0.309 e. The number of carbonyl (C=O) groups excluding carboxylic acids is 1. The molecule has 9 heteroatoms. The average Bonchev–Trinajstić information content (AvgIpc) is 3.42. The van der Waals surface area contributed by atoms with Gasteiger partial charge in [0.15, 0.2) is 0 Å². The van der Waals surface area contributed by atoms with Crippen LogP contribution in [-0.4, -0.2) is 52.7 Å². The van der Waals surface area contributed by atoms with Crippen LogP contribution >= 0.6 is 0 Å². The van der Waals surface area contributed by atoms with Crippen LogP contribution in [0.4, 0.5) is 8.78 Å². The van der Waals surface area contributed by atoms with E-state index in [2.05, 4.69) is 15.4 Å². The molecule has 2 unspecified atom stereocenters. The van der Waals surface area contributed by atoms with E-state index in [1.165, 1.54) is 25.0 Å². The lowest BCUT2D eigenvalue weighted by Crippen LogP contribution is -2.54. The molecule has 1 aliphatic carbocycles. The van der Waals surface area contributed by atoms with Crippen LogP contribution in [0.2, 0.25) is 0 Å². The minimum atomic E-state index is -0.997. The Bertz CT molecular complexity index is 911. The molecule has 1 aromatic heterocycles. The van der Waals surface area contributed by atoms with Crippen LogP contribution in [0.3, 0.4) is 0 Å². The molecule has 4 rings (SSSR count). The SMILES string of the molecule is O=C(NC1CCN(CC2CC2)CC1C(=O)O)c1noc(-c2ccc(F)cc2)c1F. The fraction of sp³-hybridized carbons (Fsp3) is 0.450. The molecule has 154 valence electrons. The maximum atomic E-state index is 14.7. The number of hydrogen-bond donors (Lipinski definition) is 2. The third-order valence-corrected chi connectivity index (χ3v) is 5.50. The second-order valence-corrected chi connectivity index (χ2v) is 7.70. The minimum absolute atomic E-state index is 0.243. The van der Waals surface area contributed by atoms with Gasteiger partial charge in [0.05, 0.1) is 5.92 Å². The quantitative estimate of drug-likeness (QED) is 0.767. The molecule has 1 saturated heterocycles. The summed E-state index contributed by atoms with van der Waals surface area (Å²) in [6.07, 6.45) is 2.81. The summed E-state index contributed by atoms with van der Waals surface area (Å²) in [4.78, 5) is 26.3. The summed E-state index contributed by atoms with van der Waals surface area (Å²) in [5.41, 5.74) is -0.305. The molecule has 2 fully saturated rings. The Balaban J connectivity index is 1.45. The van der Waals surface area contributed by atoms with Gasteiger partial charge < -0.3 is 19.8 Å². The standard InChI is InChI=1S/C20H21F2N3O4/c21-13-5-3-12(4-6-13)18-16(22)17(24-29-18)19(26)23-15-7-8-25(9-11-1-2-11)10-14(15)20(27)28/h3-6,11,14-15H,1-2,7-10H2,(H,23,26)(H,27,28). The van der Waals surface area contributed by atoms with Crippen molar-refractivity contribution in [3.63, 3.8) is 0 Å². The van der Waals surface area contributed by atoms with Crippen molar-refractivity contribution in [1.29, 1.82) is 0 Å². The molecule has 2 N–H and O–H groups in total. The number of carbonyl (C=O) groups is 2. The molecule has 1 aromatic carbocycles. The molecule has 0 radical (unpaired) electrons. The van der Waals surface area contributed by atoms with Gasteiger partial charge >= 0.3 is 5.97 Å². The monoisotopic (exact) mass is 405 g/mol. The van der Waals surface area contributed by atoms with Gasteiger partial charge in [-0.05, 0) is 49.4 Å². The minimum Gasteiger partial charge on any atom is -0.481 e. The average molecular weight is 405 g/mol. The molecule has 0 bridgehead atoms. The second-order valence-electron chi connectivity index (χ2n) is 7.70. The summed E-state index contributed by atoms with van der Waals surface area (Å²) in [7, 11) is 0. The Morgan fingerprint density at radius 3 is 2.59 bits per heavy atom. The summed E-state index contributed by atoms with van der Waals surface area (Å²) in [5.74, 6) is -3.69. The van der Waals surface area contributed by atoms with Crippen molar-refractivity contribution in [2.45, 2.75) is 25.3 Å². The smallest absolute Gasteiger partial charge is 0.309 e. The maximum absolute atomic E-state index is 14.7. The number of nitrogens with zero attached hydrogens (tertiary/aromatic N) is 2. The highest BCUT2D eigenvalue weighted by Crippen LogP contribution is 2.31. The third-order valence-electron chi connectivity index (χ3n) is 5.50. The first-order valence-corrected chi connectivity index (χ1v) is 9.59. The number of amides is 1. The normalized spacial score (nSPS) is 22.4. The van der Waals surface area contributed by atoms with E-state index in [1.54, 1.807) is 0 Å². The van der Waals surface area contributed by atoms with E-state index in [-0.39, 0.29) is 11.3 Å². The fourth-order valence-corrected chi connectivity index (χ4v) is 3.71. The van der Waals surface area contributed by atoms with E-state index in [0.717, 1.165) is 18.7 Å². The van der Waals surface area contributed by atoms with Gasteiger partial charge in [0.25, 0.3) is 5.91 Å². The number of rotatable bonds is 6. The van der Waals surface area contributed by atoms with E-state index in [1.807, 2.05) is 0 Å². The highest BCUT2D eigenvalue weighted by molar-refractivity contribution is 5.94. The highest BCUT2D eigenvalue weighted by atomic mass is 19.1. The molecule has 1 amide bonds. The Hall–Kier alpha value is -2.81. The summed E-state index contributed by atoms with van der Waals surface area (Å²) < 4.78 is 32.6. The zero-order valence-corrected chi connectivity index (χ0v) is 15.6. The van der Waals surface area contributed by atoms with E-state index in [0.29, 0.717) is 25.4 Å². The van der Waals surface area contributed by atoms with Crippen LogP contribution in [0.5, 0.6) is 0 Å². The first-order chi connectivity index (χ1) is 13.9. The van der Waals surface area contributed by atoms with Gasteiger partial charge in [0, 0.05) is 31.2 Å². The van der Waals surface area contributed by atoms with Crippen molar-refractivity contribution in [3.05, 3.63) is 41.6 Å². The molecule has 7 nitrogen and oxygen atoms in total. The topological polar surface area (TPSA) is 95.7 Å². The molecule has 2 aromatic rings. The summed E-state index contributed by atoms with van der Waals surface area (Å²) in [6.45, 7) is 1.90. The zero-order valence-electron chi connectivity index (χ0n) is 15.6. The first kappa shape index (κ1) is 19.5. The van der Waals surface area contributed by atoms with E-state index >= 15 is 0 Å². The number of likely N-dealkylation sites (tertiary alicyclic amines) is 1. The number of aromatic nitrogens is 1. The molecule has 2 heterocycles. The van der Waals surface area contributed by atoms with Crippen LogP contribution in [-0.2, 0) is 4.79 Å². The number of benzene rings is 1. The summed E-state index contributed by atoms with van der Waals surface area (Å²) >= 11 is 0. The van der Waals surface area contributed by atoms with E-state index in [4.69, 9.17) is 4.52 Å².